The number of methoxy groups -OCH3 is 1. The van der Waals surface area contributed by atoms with Crippen molar-refractivity contribution < 1.29 is 26.7 Å². The first-order valence-corrected chi connectivity index (χ1v) is 10.2. The van der Waals surface area contributed by atoms with E-state index in [0.717, 1.165) is 18.3 Å². The summed E-state index contributed by atoms with van der Waals surface area (Å²) in [6.07, 6.45) is 0. The van der Waals surface area contributed by atoms with Crippen molar-refractivity contribution >= 4 is 27.1 Å². The quantitative estimate of drug-likeness (QED) is 0.735. The van der Waals surface area contributed by atoms with Crippen LogP contribution in [-0.2, 0) is 27.0 Å². The minimum atomic E-state index is -3.48. The number of ether oxygens (including phenoxy) is 1. The predicted molar refractivity (Wildman–Crippen MR) is 95.4 cm³/mol. The van der Waals surface area contributed by atoms with Gasteiger partial charge in [-0.05, 0) is 17.7 Å². The van der Waals surface area contributed by atoms with Crippen molar-refractivity contribution in [2.75, 3.05) is 19.5 Å². The van der Waals surface area contributed by atoms with Crippen molar-refractivity contribution in [3.05, 3.63) is 52.4 Å². The molecule has 26 heavy (non-hydrogen) atoms. The van der Waals surface area contributed by atoms with Crippen molar-refractivity contribution in [2.45, 2.75) is 23.6 Å². The zero-order valence-corrected chi connectivity index (χ0v) is 15.9. The molecule has 0 radical (unpaired) electrons. The number of nitrogens with one attached hydrogen (secondary N) is 1. The molecule has 0 aliphatic heterocycles. The molecule has 1 aromatic carbocycles. The van der Waals surface area contributed by atoms with Crippen molar-refractivity contribution in [3.63, 3.8) is 0 Å². The fourth-order valence-corrected chi connectivity index (χ4v) is 4.63. The van der Waals surface area contributed by atoms with Gasteiger partial charge in [0, 0.05) is 26.1 Å². The van der Waals surface area contributed by atoms with E-state index in [2.05, 4.69) is 5.32 Å². The number of sulfone groups is 1. The molecular formula is C17H19F2NO4S2. The minimum absolute atomic E-state index is 0.0779. The van der Waals surface area contributed by atoms with Crippen LogP contribution in [0.5, 0.6) is 0 Å². The molecule has 1 N–H and O–H groups in total. The summed E-state index contributed by atoms with van der Waals surface area (Å²) in [5.41, 5.74) is 0.563. The molecule has 1 heterocycles. The molecule has 0 aliphatic rings. The lowest BCUT2D eigenvalue weighted by molar-refractivity contribution is 0.0174. The van der Waals surface area contributed by atoms with Crippen LogP contribution in [0, 0.1) is 0 Å². The highest BCUT2D eigenvalue weighted by atomic mass is 32.2. The number of amides is 1. The molecule has 0 bridgehead atoms. The van der Waals surface area contributed by atoms with Crippen molar-refractivity contribution in [3.8, 4) is 0 Å². The van der Waals surface area contributed by atoms with Gasteiger partial charge >= 0.3 is 0 Å². The van der Waals surface area contributed by atoms with Gasteiger partial charge in [-0.2, -0.15) is 0 Å². The molecular weight excluding hydrogens is 384 g/mol. The van der Waals surface area contributed by atoms with Crippen LogP contribution in [0.1, 0.15) is 27.7 Å². The van der Waals surface area contributed by atoms with Crippen LogP contribution in [0.25, 0.3) is 0 Å². The van der Waals surface area contributed by atoms with Crippen LogP contribution in [0.4, 0.5) is 8.78 Å². The Hall–Kier alpha value is -1.84. The molecule has 0 atom stereocenters. The van der Waals surface area contributed by atoms with E-state index in [9.17, 15) is 22.0 Å². The second-order valence-corrected chi connectivity index (χ2v) is 9.12. The fourth-order valence-electron chi connectivity index (χ4n) is 2.09. The molecule has 2 rings (SSSR count). The van der Waals surface area contributed by atoms with E-state index < -0.39 is 21.7 Å². The lowest BCUT2D eigenvalue weighted by Gasteiger charge is -2.11. The monoisotopic (exact) mass is 403 g/mol. The SMILES string of the molecule is COCCS(=O)(=O)c1ccc(C(=O)NCc2ccc(C(C)(F)F)cc2)s1. The number of carbonyl (C=O) groups excluding carboxylic acids is 1. The van der Waals surface area contributed by atoms with Crippen LogP contribution >= 0.6 is 11.3 Å². The smallest absolute Gasteiger partial charge is 0.270 e. The molecule has 0 fully saturated rings. The van der Waals surface area contributed by atoms with Crippen LogP contribution in [0.2, 0.25) is 0 Å². The van der Waals surface area contributed by atoms with Crippen LogP contribution in [-0.4, -0.2) is 33.8 Å². The maximum Gasteiger partial charge on any atom is 0.270 e. The Morgan fingerprint density at radius 3 is 2.42 bits per heavy atom. The number of halogens is 2. The molecule has 0 saturated heterocycles. The first kappa shape index (κ1) is 20.5. The molecule has 142 valence electrons. The van der Waals surface area contributed by atoms with E-state index in [1.54, 1.807) is 0 Å². The summed E-state index contributed by atoms with van der Waals surface area (Å²) in [5, 5.41) is 2.65. The summed E-state index contributed by atoms with van der Waals surface area (Å²) in [4.78, 5) is 12.4. The maximum atomic E-state index is 13.2. The van der Waals surface area contributed by atoms with Gasteiger partial charge in [-0.15, -0.1) is 11.3 Å². The van der Waals surface area contributed by atoms with Gasteiger partial charge in [0.1, 0.15) is 4.21 Å². The lowest BCUT2D eigenvalue weighted by Crippen LogP contribution is -2.21. The second kappa shape index (κ2) is 8.24. The minimum Gasteiger partial charge on any atom is -0.384 e. The normalized spacial score (nSPS) is 12.2. The summed E-state index contributed by atoms with van der Waals surface area (Å²) in [6.45, 7) is 1.05. The number of benzene rings is 1. The second-order valence-electron chi connectivity index (χ2n) is 5.70. The Labute approximate surface area is 154 Å². The average molecular weight is 403 g/mol. The van der Waals surface area contributed by atoms with Gasteiger partial charge < -0.3 is 10.1 Å². The van der Waals surface area contributed by atoms with E-state index >= 15 is 0 Å². The summed E-state index contributed by atoms with van der Waals surface area (Å²) < 4.78 is 55.3. The largest absolute Gasteiger partial charge is 0.384 e. The topological polar surface area (TPSA) is 72.5 Å². The Bertz CT molecular complexity index is 856. The van der Waals surface area contributed by atoms with Gasteiger partial charge in [-0.25, -0.2) is 17.2 Å². The molecule has 9 heteroatoms. The Morgan fingerprint density at radius 1 is 1.19 bits per heavy atom. The maximum absolute atomic E-state index is 13.2. The third kappa shape index (κ3) is 5.33. The molecule has 0 spiro atoms. The number of thiophene rings is 1. The highest BCUT2D eigenvalue weighted by Crippen LogP contribution is 2.27. The van der Waals surface area contributed by atoms with Crippen molar-refractivity contribution in [2.24, 2.45) is 0 Å². The van der Waals surface area contributed by atoms with E-state index in [4.69, 9.17) is 4.74 Å². The van der Waals surface area contributed by atoms with Gasteiger partial charge in [0.2, 0.25) is 0 Å². The number of carbonyl (C=O) groups is 1. The number of rotatable bonds is 8. The molecule has 2 aromatic rings. The molecule has 1 aromatic heterocycles. The summed E-state index contributed by atoms with van der Waals surface area (Å²) in [5.74, 6) is -3.49. The van der Waals surface area contributed by atoms with E-state index in [1.165, 1.54) is 43.5 Å². The molecule has 0 aliphatic carbocycles. The molecule has 0 unspecified atom stereocenters. The van der Waals surface area contributed by atoms with Crippen molar-refractivity contribution in [1.82, 2.24) is 5.32 Å². The van der Waals surface area contributed by atoms with E-state index in [-0.39, 0.29) is 33.6 Å². The Morgan fingerprint density at radius 2 is 1.85 bits per heavy atom. The first-order chi connectivity index (χ1) is 12.1. The van der Waals surface area contributed by atoms with E-state index in [1.807, 2.05) is 0 Å². The first-order valence-electron chi connectivity index (χ1n) is 7.70. The third-order valence-electron chi connectivity index (χ3n) is 3.58. The lowest BCUT2D eigenvalue weighted by atomic mass is 10.1. The summed E-state index contributed by atoms with van der Waals surface area (Å²) in [7, 11) is -2.06. The highest BCUT2D eigenvalue weighted by molar-refractivity contribution is 7.93. The number of hydrogen-bond donors (Lipinski definition) is 1. The molecule has 0 saturated carbocycles. The Kier molecular flexibility index (Phi) is 6.48. The zero-order valence-electron chi connectivity index (χ0n) is 14.3. The third-order valence-corrected chi connectivity index (χ3v) is 6.93. The van der Waals surface area contributed by atoms with E-state index in [0.29, 0.717) is 5.56 Å². The van der Waals surface area contributed by atoms with Gasteiger partial charge in [-0.3, -0.25) is 4.79 Å². The van der Waals surface area contributed by atoms with Gasteiger partial charge in [0.15, 0.2) is 9.84 Å². The predicted octanol–water partition coefficient (Wildman–Crippen LogP) is 3.21. The highest BCUT2D eigenvalue weighted by Gasteiger charge is 2.23. The van der Waals surface area contributed by atoms with Crippen molar-refractivity contribution in [1.29, 1.82) is 0 Å². The van der Waals surface area contributed by atoms with Crippen LogP contribution < -0.4 is 5.32 Å². The molecule has 1 amide bonds. The molecule has 5 nitrogen and oxygen atoms in total. The van der Waals surface area contributed by atoms with Crippen LogP contribution in [0.15, 0.2) is 40.6 Å². The average Bonchev–Trinajstić information content (AvgIpc) is 3.08. The fraction of sp³-hybridized carbons (Fsp3) is 0.353. The van der Waals surface area contributed by atoms with Gasteiger partial charge in [0.25, 0.3) is 11.8 Å². The Balaban J connectivity index is 1.98. The summed E-state index contributed by atoms with van der Waals surface area (Å²) in [6, 6.07) is 8.49. The van der Waals surface area contributed by atoms with Crippen LogP contribution in [0.3, 0.4) is 0 Å². The standard InChI is InChI=1S/C17H19F2NO4S2/c1-17(18,19)13-5-3-12(4-6-13)11-20-16(21)14-7-8-15(25-14)26(22,23)10-9-24-2/h3-8H,9-11H2,1-2H3,(H,20,21). The summed E-state index contributed by atoms with van der Waals surface area (Å²) >= 11 is 0.885. The number of hydrogen-bond acceptors (Lipinski definition) is 5. The zero-order chi connectivity index (χ0) is 19.4. The van der Waals surface area contributed by atoms with Gasteiger partial charge in [-0.1, -0.05) is 24.3 Å². The van der Waals surface area contributed by atoms with Gasteiger partial charge in [0.05, 0.1) is 17.2 Å². The number of alkyl halides is 2.